The first-order chi connectivity index (χ1) is 9.62. The Morgan fingerprint density at radius 1 is 1.05 bits per heavy atom. The van der Waals surface area contributed by atoms with E-state index in [-0.39, 0.29) is 5.54 Å². The summed E-state index contributed by atoms with van der Waals surface area (Å²) >= 11 is 0. The van der Waals surface area contributed by atoms with E-state index in [2.05, 4.69) is 45.9 Å². The Morgan fingerprint density at radius 2 is 1.65 bits per heavy atom. The molecule has 1 aliphatic heterocycles. The van der Waals surface area contributed by atoms with Crippen molar-refractivity contribution in [3.05, 3.63) is 0 Å². The number of rotatable bonds is 6. The number of nitrogens with zero attached hydrogens (tertiary/aromatic N) is 4. The fraction of sp³-hybridized carbons (Fsp3) is 0.786. The molecule has 1 aliphatic rings. The highest BCUT2D eigenvalue weighted by atomic mass is 15.3. The van der Waals surface area contributed by atoms with Crippen molar-refractivity contribution < 1.29 is 0 Å². The zero-order valence-electron chi connectivity index (χ0n) is 12.8. The first-order valence-electron chi connectivity index (χ1n) is 7.67. The van der Waals surface area contributed by atoms with Gasteiger partial charge in [0.25, 0.3) is 0 Å². The van der Waals surface area contributed by atoms with Crippen molar-refractivity contribution in [2.24, 2.45) is 0 Å². The molecule has 1 aromatic rings. The van der Waals surface area contributed by atoms with Crippen LogP contribution in [0.2, 0.25) is 0 Å². The maximum absolute atomic E-state index is 5.84. The van der Waals surface area contributed by atoms with Gasteiger partial charge in [-0.2, -0.15) is 15.0 Å². The van der Waals surface area contributed by atoms with Gasteiger partial charge in [0.1, 0.15) is 0 Å². The molecule has 0 amide bonds. The molecule has 3 N–H and O–H groups in total. The van der Waals surface area contributed by atoms with E-state index in [0.29, 0.717) is 17.8 Å². The fourth-order valence-corrected chi connectivity index (χ4v) is 2.75. The average Bonchev–Trinajstić information content (AvgIpc) is 2.98. The van der Waals surface area contributed by atoms with Crippen molar-refractivity contribution in [1.29, 1.82) is 0 Å². The SMILES string of the molecule is CCC(CC)(CC)Nc1nc(N)nc(N2CCCC2)n1. The molecule has 0 radical (unpaired) electrons. The van der Waals surface area contributed by atoms with Crippen LogP contribution in [0.15, 0.2) is 0 Å². The van der Waals surface area contributed by atoms with Gasteiger partial charge >= 0.3 is 0 Å². The standard InChI is InChI=1S/C14H26N6/c1-4-14(5-2,6-3)19-12-16-11(15)17-13(18-12)20-9-7-8-10-20/h4-10H2,1-3H3,(H3,15,16,17,18,19). The summed E-state index contributed by atoms with van der Waals surface area (Å²) in [6.07, 6.45) is 5.48. The minimum absolute atomic E-state index is 0.0378. The van der Waals surface area contributed by atoms with Crippen LogP contribution in [-0.4, -0.2) is 33.6 Å². The van der Waals surface area contributed by atoms with E-state index in [1.807, 2.05) is 0 Å². The summed E-state index contributed by atoms with van der Waals surface area (Å²) in [7, 11) is 0. The molecule has 1 saturated heterocycles. The number of aromatic nitrogens is 3. The lowest BCUT2D eigenvalue weighted by molar-refractivity contribution is 0.417. The highest BCUT2D eigenvalue weighted by molar-refractivity contribution is 5.43. The summed E-state index contributed by atoms with van der Waals surface area (Å²) in [5.74, 6) is 1.60. The molecule has 112 valence electrons. The van der Waals surface area contributed by atoms with E-state index < -0.39 is 0 Å². The summed E-state index contributed by atoms with van der Waals surface area (Å²) in [5, 5.41) is 3.48. The quantitative estimate of drug-likeness (QED) is 0.832. The van der Waals surface area contributed by atoms with Crippen molar-refractivity contribution >= 4 is 17.8 Å². The molecule has 20 heavy (non-hydrogen) atoms. The van der Waals surface area contributed by atoms with Crippen molar-refractivity contribution in [2.75, 3.05) is 29.0 Å². The van der Waals surface area contributed by atoms with Crippen LogP contribution in [0.1, 0.15) is 52.9 Å². The van der Waals surface area contributed by atoms with Gasteiger partial charge < -0.3 is 16.0 Å². The van der Waals surface area contributed by atoms with Crippen molar-refractivity contribution in [2.45, 2.75) is 58.4 Å². The second-order valence-electron chi connectivity index (χ2n) is 5.48. The molecule has 0 atom stereocenters. The predicted octanol–water partition coefficient (Wildman–Crippen LogP) is 2.43. The molecule has 0 aromatic carbocycles. The molecule has 6 heteroatoms. The normalized spacial score (nSPS) is 15.7. The second kappa shape index (κ2) is 6.24. The van der Waals surface area contributed by atoms with Gasteiger partial charge in [-0.15, -0.1) is 0 Å². The molecule has 1 aromatic heterocycles. The van der Waals surface area contributed by atoms with Crippen molar-refractivity contribution in [3.8, 4) is 0 Å². The molecular weight excluding hydrogens is 252 g/mol. The van der Waals surface area contributed by atoms with Gasteiger partial charge in [-0.25, -0.2) is 0 Å². The predicted molar refractivity (Wildman–Crippen MR) is 82.9 cm³/mol. The van der Waals surface area contributed by atoms with E-state index in [9.17, 15) is 0 Å². The van der Waals surface area contributed by atoms with Crippen molar-refractivity contribution in [3.63, 3.8) is 0 Å². The van der Waals surface area contributed by atoms with E-state index in [1.165, 1.54) is 12.8 Å². The van der Waals surface area contributed by atoms with Crippen LogP contribution in [0, 0.1) is 0 Å². The van der Waals surface area contributed by atoms with Gasteiger partial charge in [-0.1, -0.05) is 20.8 Å². The van der Waals surface area contributed by atoms with Crippen LogP contribution in [0.4, 0.5) is 17.8 Å². The molecule has 0 spiro atoms. The summed E-state index contributed by atoms with van der Waals surface area (Å²) in [6, 6.07) is 0. The number of nitrogens with one attached hydrogen (secondary N) is 1. The van der Waals surface area contributed by atoms with Crippen LogP contribution in [-0.2, 0) is 0 Å². The topological polar surface area (TPSA) is 80.0 Å². The second-order valence-corrected chi connectivity index (χ2v) is 5.48. The lowest BCUT2D eigenvalue weighted by atomic mass is 9.90. The molecule has 0 aliphatic carbocycles. The molecular formula is C14H26N6. The number of nitrogen functional groups attached to an aromatic ring is 1. The lowest BCUT2D eigenvalue weighted by Crippen LogP contribution is -2.37. The smallest absolute Gasteiger partial charge is 0.231 e. The highest BCUT2D eigenvalue weighted by Gasteiger charge is 2.25. The summed E-state index contributed by atoms with van der Waals surface area (Å²) in [5.41, 5.74) is 5.88. The van der Waals surface area contributed by atoms with Crippen LogP contribution in [0.5, 0.6) is 0 Å². The van der Waals surface area contributed by atoms with Crippen LogP contribution in [0.25, 0.3) is 0 Å². The minimum atomic E-state index is 0.0378. The molecule has 0 unspecified atom stereocenters. The van der Waals surface area contributed by atoms with Gasteiger partial charge in [0.05, 0.1) is 0 Å². The summed E-state index contributed by atoms with van der Waals surface area (Å²) in [6.45, 7) is 8.57. The first-order valence-corrected chi connectivity index (χ1v) is 7.67. The van der Waals surface area contributed by atoms with Crippen molar-refractivity contribution in [1.82, 2.24) is 15.0 Å². The van der Waals surface area contributed by atoms with Gasteiger partial charge in [-0.3, -0.25) is 0 Å². The van der Waals surface area contributed by atoms with Crippen LogP contribution >= 0.6 is 0 Å². The van der Waals surface area contributed by atoms with Gasteiger partial charge in [0.2, 0.25) is 17.8 Å². The van der Waals surface area contributed by atoms with Gasteiger partial charge in [0, 0.05) is 18.6 Å². The van der Waals surface area contributed by atoms with E-state index in [1.54, 1.807) is 0 Å². The lowest BCUT2D eigenvalue weighted by Gasteiger charge is -2.32. The minimum Gasteiger partial charge on any atom is -0.368 e. The maximum Gasteiger partial charge on any atom is 0.231 e. The van der Waals surface area contributed by atoms with Crippen LogP contribution < -0.4 is 16.0 Å². The summed E-state index contributed by atoms with van der Waals surface area (Å²) in [4.78, 5) is 15.2. The first kappa shape index (κ1) is 14.8. The third-order valence-corrected chi connectivity index (χ3v) is 4.44. The number of nitrogens with two attached hydrogens (primary N) is 1. The molecule has 0 saturated carbocycles. The number of anilines is 3. The van der Waals surface area contributed by atoms with E-state index in [0.717, 1.165) is 32.4 Å². The molecule has 6 nitrogen and oxygen atoms in total. The third kappa shape index (κ3) is 3.11. The maximum atomic E-state index is 5.84. The third-order valence-electron chi connectivity index (χ3n) is 4.44. The Kier molecular flexibility index (Phi) is 4.62. The molecule has 2 rings (SSSR count). The highest BCUT2D eigenvalue weighted by Crippen LogP contribution is 2.25. The number of hydrogen-bond donors (Lipinski definition) is 2. The Balaban J connectivity index is 2.23. The zero-order chi connectivity index (χ0) is 14.6. The molecule has 2 heterocycles. The Morgan fingerprint density at radius 3 is 2.20 bits per heavy atom. The van der Waals surface area contributed by atoms with E-state index >= 15 is 0 Å². The van der Waals surface area contributed by atoms with E-state index in [4.69, 9.17) is 5.73 Å². The van der Waals surface area contributed by atoms with Crippen LogP contribution in [0.3, 0.4) is 0 Å². The van der Waals surface area contributed by atoms with Gasteiger partial charge in [0.15, 0.2) is 0 Å². The summed E-state index contributed by atoms with van der Waals surface area (Å²) < 4.78 is 0. The Hall–Kier alpha value is -1.59. The Bertz CT molecular complexity index is 429. The monoisotopic (exact) mass is 278 g/mol. The number of hydrogen-bond acceptors (Lipinski definition) is 6. The van der Waals surface area contributed by atoms with Gasteiger partial charge in [-0.05, 0) is 32.1 Å². The molecule has 1 fully saturated rings. The molecule has 0 bridgehead atoms. The Labute approximate surface area is 121 Å². The average molecular weight is 278 g/mol. The largest absolute Gasteiger partial charge is 0.368 e. The fourth-order valence-electron chi connectivity index (χ4n) is 2.75. The zero-order valence-corrected chi connectivity index (χ0v) is 12.8.